The third-order valence-electron chi connectivity index (χ3n) is 7.46. The van der Waals surface area contributed by atoms with Crippen molar-refractivity contribution in [1.82, 2.24) is 29.7 Å². The Morgan fingerprint density at radius 3 is 2.64 bits per heavy atom. The Labute approximate surface area is 261 Å². The van der Waals surface area contributed by atoms with Crippen molar-refractivity contribution < 1.29 is 27.4 Å². The Morgan fingerprint density at radius 1 is 1.23 bits per heavy atom. The molecule has 1 aliphatic carbocycles. The Morgan fingerprint density at radius 2 is 1.98 bits per heavy atom. The molecule has 4 heterocycles. The molecule has 1 amide bonds. The number of nitrogens with one attached hydrogen (secondary N) is 1. The molecule has 236 valence electrons. The van der Waals surface area contributed by atoms with Crippen LogP contribution in [-0.4, -0.2) is 101 Å². The lowest BCUT2D eigenvalue weighted by Gasteiger charge is -2.34. The van der Waals surface area contributed by atoms with Crippen LogP contribution < -0.4 is 16.0 Å². The summed E-state index contributed by atoms with van der Waals surface area (Å²) >= 11 is 13.6. The standard InChI is InChI=1S/C28H31Cl2F3N8O3/c1-4-21(42)40-10-8-39(9-11-40)7-5-6-20-36-26-17(22-23(29)18(43-2)13-19(44-3)24(22)30)12-16-14-34-27(35-15-28(31,32)33)37-25(16)41(26)38-20/h4,12-13,23H,1,5-11,14-15H2,2-3H3,(H,34,35). The van der Waals surface area contributed by atoms with Gasteiger partial charge in [0, 0.05) is 55.0 Å². The average molecular weight is 656 g/mol. The maximum absolute atomic E-state index is 12.9. The summed E-state index contributed by atoms with van der Waals surface area (Å²) in [7, 11) is 2.97. The zero-order chi connectivity index (χ0) is 31.6. The Bertz CT molecular complexity index is 1680. The molecule has 1 N–H and O–H groups in total. The third kappa shape index (κ3) is 6.71. The number of alkyl halides is 4. The highest BCUT2D eigenvalue weighted by atomic mass is 35.5. The van der Waals surface area contributed by atoms with Gasteiger partial charge in [0.25, 0.3) is 0 Å². The topological polar surface area (TPSA) is 109 Å². The van der Waals surface area contributed by atoms with Crippen molar-refractivity contribution in [1.29, 1.82) is 0 Å². The average Bonchev–Trinajstić information content (AvgIpc) is 3.44. The van der Waals surface area contributed by atoms with E-state index < -0.39 is 18.1 Å². The van der Waals surface area contributed by atoms with E-state index in [1.807, 2.05) is 0 Å². The number of nitrogens with zero attached hydrogens (tertiary/aromatic N) is 7. The fraction of sp³-hybridized carbons (Fsp3) is 0.464. The van der Waals surface area contributed by atoms with Crippen molar-refractivity contribution in [2.24, 2.45) is 9.98 Å². The number of fused-ring (bicyclic) bond motifs is 3. The van der Waals surface area contributed by atoms with Gasteiger partial charge in [0.05, 0.1) is 25.8 Å². The first-order valence-electron chi connectivity index (χ1n) is 13.9. The molecular formula is C28H31Cl2F3N8O3. The largest absolute Gasteiger partial charge is 0.499 e. The molecule has 3 aliphatic rings. The van der Waals surface area contributed by atoms with Crippen molar-refractivity contribution >= 4 is 46.3 Å². The van der Waals surface area contributed by atoms with E-state index in [2.05, 4.69) is 26.8 Å². The summed E-state index contributed by atoms with van der Waals surface area (Å²) in [6, 6.07) is 1.78. The lowest BCUT2D eigenvalue weighted by Crippen LogP contribution is -2.48. The van der Waals surface area contributed by atoms with Crippen LogP contribution in [0, 0.1) is 0 Å². The third-order valence-corrected chi connectivity index (χ3v) is 8.29. The molecule has 5 rings (SSSR count). The predicted octanol–water partition coefficient (Wildman–Crippen LogP) is 2.03. The fourth-order valence-corrected chi connectivity index (χ4v) is 6.00. The minimum Gasteiger partial charge on any atom is -0.499 e. The molecule has 1 fully saturated rings. The number of guanidine groups is 1. The Kier molecular flexibility index (Phi) is 9.51. The number of ether oxygens (including phenoxy) is 2. The Hall–Kier alpha value is -3.62. The van der Waals surface area contributed by atoms with Gasteiger partial charge in [-0.15, -0.1) is 16.7 Å². The molecule has 44 heavy (non-hydrogen) atoms. The number of aryl methyl sites for hydroxylation is 1. The molecule has 0 radical (unpaired) electrons. The van der Waals surface area contributed by atoms with E-state index in [0.717, 1.165) is 26.1 Å². The first-order valence-corrected chi connectivity index (χ1v) is 14.7. The minimum atomic E-state index is -4.44. The number of pyridine rings is 1. The normalized spacial score (nSPS) is 20.5. The lowest BCUT2D eigenvalue weighted by molar-refractivity contribution is -0.127. The van der Waals surface area contributed by atoms with Crippen molar-refractivity contribution in [3.63, 3.8) is 0 Å². The molecule has 1 saturated heterocycles. The number of rotatable bonds is 8. The number of amides is 1. The van der Waals surface area contributed by atoms with Crippen molar-refractivity contribution in [2.75, 3.05) is 53.5 Å². The van der Waals surface area contributed by atoms with Gasteiger partial charge in [-0.05, 0) is 25.1 Å². The van der Waals surface area contributed by atoms with Gasteiger partial charge in [0.2, 0.25) is 11.9 Å². The number of carbonyl (C=O) groups is 1. The maximum Gasteiger partial charge on any atom is 0.405 e. The molecule has 1 atom stereocenters. The molecule has 16 heteroatoms. The van der Waals surface area contributed by atoms with Gasteiger partial charge < -0.3 is 19.7 Å². The number of methoxy groups -OCH3 is 2. The van der Waals surface area contributed by atoms with E-state index in [4.69, 9.17) is 42.8 Å². The molecule has 0 aromatic carbocycles. The van der Waals surface area contributed by atoms with Crippen molar-refractivity contribution in [2.45, 2.75) is 30.9 Å². The van der Waals surface area contributed by atoms with Crippen LogP contribution in [-0.2, 0) is 27.2 Å². The molecule has 2 aromatic heterocycles. The first-order chi connectivity index (χ1) is 21.0. The summed E-state index contributed by atoms with van der Waals surface area (Å²) in [6.07, 6.45) is -0.243. The van der Waals surface area contributed by atoms with E-state index >= 15 is 0 Å². The van der Waals surface area contributed by atoms with E-state index in [1.54, 1.807) is 17.0 Å². The summed E-state index contributed by atoms with van der Waals surface area (Å²) in [5.41, 5.74) is 1.76. The van der Waals surface area contributed by atoms with E-state index in [-0.39, 0.29) is 23.4 Å². The molecule has 2 aliphatic heterocycles. The van der Waals surface area contributed by atoms with Gasteiger partial charge in [-0.2, -0.15) is 22.7 Å². The molecule has 2 aromatic rings. The number of carbonyl (C=O) groups excluding carboxylic acids is 1. The van der Waals surface area contributed by atoms with Crippen molar-refractivity contribution in [3.05, 3.63) is 63.4 Å². The van der Waals surface area contributed by atoms with Gasteiger partial charge in [0.1, 0.15) is 23.4 Å². The van der Waals surface area contributed by atoms with Crippen LogP contribution in [0.15, 0.2) is 51.3 Å². The van der Waals surface area contributed by atoms with Crippen LogP contribution in [0.1, 0.15) is 17.8 Å². The number of aromatic nitrogens is 3. The number of hydrogen-bond donors (Lipinski definition) is 1. The number of hydrogen-bond acceptors (Lipinski definition) is 9. The number of aliphatic imine (C=N–C) groups is 1. The first kappa shape index (κ1) is 31.8. The van der Waals surface area contributed by atoms with Crippen LogP contribution in [0.2, 0.25) is 0 Å². The van der Waals surface area contributed by atoms with Crippen LogP contribution in [0.25, 0.3) is 11.2 Å². The summed E-state index contributed by atoms with van der Waals surface area (Å²) in [5, 5.41) is 6.98. The smallest absolute Gasteiger partial charge is 0.405 e. The molecule has 1 unspecified atom stereocenters. The summed E-state index contributed by atoms with van der Waals surface area (Å²) in [5.74, 6) is 1.05. The zero-order valence-electron chi connectivity index (χ0n) is 24.1. The summed E-state index contributed by atoms with van der Waals surface area (Å²) < 4.78 is 51.1. The lowest BCUT2D eigenvalue weighted by atomic mass is 10.0. The highest BCUT2D eigenvalue weighted by molar-refractivity contribution is 6.41. The van der Waals surface area contributed by atoms with Gasteiger partial charge in [-0.1, -0.05) is 18.2 Å². The SMILES string of the molecule is C=CC(=O)N1CCN(CCCc2nc3c(=C4C(Cl)=C(OC)C=C(OC)C4Cl)cc4c(n3n2)=NC(NCC(F)(F)F)=NC4)CC1. The zero-order valence-corrected chi connectivity index (χ0v) is 25.6. The van der Waals surface area contributed by atoms with Gasteiger partial charge in [-0.25, -0.2) is 9.98 Å². The second kappa shape index (κ2) is 13.2. The number of piperazine rings is 1. The van der Waals surface area contributed by atoms with E-state index in [1.165, 1.54) is 24.8 Å². The number of allylic oxidation sites excluding steroid dienone is 3. The van der Waals surface area contributed by atoms with Crippen molar-refractivity contribution in [3.8, 4) is 0 Å². The molecule has 0 bridgehead atoms. The monoisotopic (exact) mass is 654 g/mol. The van der Waals surface area contributed by atoms with Gasteiger partial charge >= 0.3 is 6.18 Å². The fourth-order valence-electron chi connectivity index (χ4n) is 5.23. The van der Waals surface area contributed by atoms with Crippen LogP contribution in [0.3, 0.4) is 0 Å². The molecular weight excluding hydrogens is 624 g/mol. The maximum atomic E-state index is 12.9. The van der Waals surface area contributed by atoms with Crippen LogP contribution in [0.5, 0.6) is 0 Å². The summed E-state index contributed by atoms with van der Waals surface area (Å²) in [4.78, 5) is 29.3. The van der Waals surface area contributed by atoms with E-state index in [9.17, 15) is 18.0 Å². The highest BCUT2D eigenvalue weighted by Gasteiger charge is 2.31. The molecule has 0 saturated carbocycles. The Balaban J connectivity index is 1.51. The second-order valence-corrected chi connectivity index (χ2v) is 11.1. The quantitative estimate of drug-likeness (QED) is 0.343. The molecule has 11 nitrogen and oxygen atoms in total. The second-order valence-electron chi connectivity index (χ2n) is 10.3. The van der Waals surface area contributed by atoms with E-state index in [0.29, 0.717) is 64.3 Å². The minimum absolute atomic E-state index is 0.0448. The van der Waals surface area contributed by atoms with Crippen LogP contribution in [0.4, 0.5) is 13.2 Å². The summed E-state index contributed by atoms with van der Waals surface area (Å²) in [6.45, 7) is 5.86. The van der Waals surface area contributed by atoms with Gasteiger partial charge in [-0.3, -0.25) is 9.69 Å². The highest BCUT2D eigenvalue weighted by Crippen LogP contribution is 2.36. The number of halogens is 5. The molecule has 0 spiro atoms. The van der Waals surface area contributed by atoms with Crippen LogP contribution >= 0.6 is 23.2 Å². The predicted molar refractivity (Wildman–Crippen MR) is 159 cm³/mol. The van der Waals surface area contributed by atoms with Gasteiger partial charge in [0.15, 0.2) is 17.0 Å².